The molecule has 1 aromatic carbocycles. The van der Waals surface area contributed by atoms with Crippen LogP contribution < -0.4 is 9.47 Å². The number of nitrogens with one attached hydrogen (secondary N) is 1. The lowest BCUT2D eigenvalue weighted by Crippen LogP contribution is -1.97. The maximum atomic E-state index is 14.1. The maximum absolute atomic E-state index is 14.1. The van der Waals surface area contributed by atoms with Crippen molar-refractivity contribution >= 4 is 5.97 Å². The first-order valence-electron chi connectivity index (χ1n) is 6.03. The number of benzene rings is 1. The normalized spacial score (nSPS) is 13.8. The smallest absolute Gasteiger partial charge is 0.353 e. The number of carboxylic acids is 1. The van der Waals surface area contributed by atoms with E-state index < -0.39 is 11.8 Å². The van der Waals surface area contributed by atoms with Gasteiger partial charge in [-0.3, -0.25) is 5.10 Å². The van der Waals surface area contributed by atoms with Crippen LogP contribution in [0.2, 0.25) is 0 Å². The van der Waals surface area contributed by atoms with Crippen LogP contribution in [0.5, 0.6) is 11.5 Å². The third kappa shape index (κ3) is 2.18. The average molecular weight is 278 g/mol. The summed E-state index contributed by atoms with van der Waals surface area (Å²) in [5.41, 5.74) is 0.264. The van der Waals surface area contributed by atoms with E-state index in [1.165, 1.54) is 18.2 Å². The zero-order chi connectivity index (χ0) is 14.1. The summed E-state index contributed by atoms with van der Waals surface area (Å²) in [5, 5.41) is 15.0. The van der Waals surface area contributed by atoms with Gasteiger partial charge in [0, 0.05) is 18.1 Å². The van der Waals surface area contributed by atoms with Gasteiger partial charge in [0.15, 0.2) is 11.5 Å². The number of fused-ring (bicyclic) bond motifs is 1. The van der Waals surface area contributed by atoms with Gasteiger partial charge in [-0.2, -0.15) is 5.10 Å². The molecule has 6 nitrogen and oxygen atoms in total. The molecule has 0 amide bonds. The molecule has 0 spiro atoms. The summed E-state index contributed by atoms with van der Waals surface area (Å²) in [6, 6.07) is 3.97. The van der Waals surface area contributed by atoms with Crippen LogP contribution in [0.25, 0.3) is 11.3 Å². The third-order valence-corrected chi connectivity index (χ3v) is 2.92. The average Bonchev–Trinajstić information content (AvgIpc) is 2.79. The Morgan fingerprint density at radius 1 is 1.25 bits per heavy atom. The summed E-state index contributed by atoms with van der Waals surface area (Å²) in [5.74, 6) is -0.923. The number of carbonyl (C=O) groups is 1. The van der Waals surface area contributed by atoms with E-state index in [-0.39, 0.29) is 17.0 Å². The largest absolute Gasteiger partial charge is 0.490 e. The van der Waals surface area contributed by atoms with Gasteiger partial charge in [0.05, 0.1) is 18.9 Å². The van der Waals surface area contributed by atoms with Crippen molar-refractivity contribution in [3.63, 3.8) is 0 Å². The molecule has 1 aliphatic heterocycles. The van der Waals surface area contributed by atoms with Crippen LogP contribution >= 0.6 is 0 Å². The number of halogens is 1. The summed E-state index contributed by atoms with van der Waals surface area (Å²) in [6.07, 6.45) is 0.719. The van der Waals surface area contributed by atoms with E-state index in [2.05, 4.69) is 10.2 Å². The van der Waals surface area contributed by atoms with Crippen molar-refractivity contribution in [2.24, 2.45) is 0 Å². The molecular weight excluding hydrogens is 267 g/mol. The Bertz CT molecular complexity index is 668. The maximum Gasteiger partial charge on any atom is 0.353 e. The van der Waals surface area contributed by atoms with E-state index in [4.69, 9.17) is 14.6 Å². The highest BCUT2D eigenvalue weighted by molar-refractivity contribution is 5.87. The van der Waals surface area contributed by atoms with E-state index in [1.54, 1.807) is 0 Å². The molecule has 0 atom stereocenters. The highest BCUT2D eigenvalue weighted by Gasteiger charge is 2.18. The number of aromatic amines is 1. The van der Waals surface area contributed by atoms with Crippen molar-refractivity contribution in [2.75, 3.05) is 13.2 Å². The quantitative estimate of drug-likeness (QED) is 0.878. The number of aromatic nitrogens is 2. The monoisotopic (exact) mass is 278 g/mol. The molecule has 3 rings (SSSR count). The molecule has 2 N–H and O–H groups in total. The van der Waals surface area contributed by atoms with Gasteiger partial charge in [-0.15, -0.1) is 0 Å². The van der Waals surface area contributed by atoms with Gasteiger partial charge in [0.25, 0.3) is 0 Å². The fourth-order valence-corrected chi connectivity index (χ4v) is 1.95. The summed E-state index contributed by atoms with van der Waals surface area (Å²) < 4.78 is 24.9. The number of hydrogen-bond acceptors (Lipinski definition) is 4. The molecule has 0 saturated carbocycles. The third-order valence-electron chi connectivity index (χ3n) is 2.92. The van der Waals surface area contributed by atoms with Gasteiger partial charge in [-0.05, 0) is 12.1 Å². The number of H-pyrrole nitrogens is 1. The van der Waals surface area contributed by atoms with Crippen LogP contribution in [0.15, 0.2) is 18.2 Å². The zero-order valence-corrected chi connectivity index (χ0v) is 10.4. The van der Waals surface area contributed by atoms with Crippen LogP contribution in [0.3, 0.4) is 0 Å². The number of ether oxygens (including phenoxy) is 2. The van der Waals surface area contributed by atoms with Crippen molar-refractivity contribution in [1.29, 1.82) is 0 Å². The van der Waals surface area contributed by atoms with E-state index >= 15 is 0 Å². The Morgan fingerprint density at radius 3 is 2.60 bits per heavy atom. The van der Waals surface area contributed by atoms with Crippen LogP contribution in [0.4, 0.5) is 4.39 Å². The summed E-state index contributed by atoms with van der Waals surface area (Å²) in [4.78, 5) is 10.8. The minimum absolute atomic E-state index is 0.105. The molecule has 2 heterocycles. The number of rotatable bonds is 2. The molecule has 0 aliphatic carbocycles. The molecule has 2 aromatic rings. The zero-order valence-electron chi connectivity index (χ0n) is 10.4. The minimum atomic E-state index is -1.15. The number of carboxylic acid groups (broad SMARTS) is 1. The molecule has 7 heteroatoms. The number of aromatic carboxylic acids is 1. The molecule has 20 heavy (non-hydrogen) atoms. The lowest BCUT2D eigenvalue weighted by atomic mass is 10.1. The Labute approximate surface area is 113 Å². The molecule has 1 aromatic heterocycles. The van der Waals surface area contributed by atoms with Gasteiger partial charge in [0.1, 0.15) is 11.5 Å². The van der Waals surface area contributed by atoms with E-state index in [0.29, 0.717) is 24.7 Å². The lowest BCUT2D eigenvalue weighted by molar-refractivity contribution is 0.0690. The predicted octanol–water partition coefficient (Wildman–Crippen LogP) is 2.08. The highest BCUT2D eigenvalue weighted by atomic mass is 19.1. The van der Waals surface area contributed by atoms with Gasteiger partial charge in [-0.1, -0.05) is 0 Å². The molecule has 1 aliphatic rings. The van der Waals surface area contributed by atoms with Crippen molar-refractivity contribution in [1.82, 2.24) is 10.2 Å². The summed E-state index contributed by atoms with van der Waals surface area (Å²) in [6.45, 7) is 0.955. The first-order valence-corrected chi connectivity index (χ1v) is 6.03. The molecule has 0 bridgehead atoms. The SMILES string of the molecule is O=C(O)c1cc(-c2cc3c(cc2F)OCCCO3)n[nH]1. The van der Waals surface area contributed by atoms with E-state index in [1.807, 2.05) is 0 Å². The molecule has 0 saturated heterocycles. The minimum Gasteiger partial charge on any atom is -0.490 e. The van der Waals surface area contributed by atoms with Crippen LogP contribution in [-0.2, 0) is 0 Å². The fraction of sp³-hybridized carbons (Fsp3) is 0.231. The van der Waals surface area contributed by atoms with Gasteiger partial charge < -0.3 is 14.6 Å². The molecule has 104 valence electrons. The predicted molar refractivity (Wildman–Crippen MR) is 66.5 cm³/mol. The fourth-order valence-electron chi connectivity index (χ4n) is 1.95. The van der Waals surface area contributed by atoms with E-state index in [9.17, 15) is 9.18 Å². The van der Waals surface area contributed by atoms with Crippen molar-refractivity contribution < 1.29 is 23.8 Å². The second-order valence-corrected chi connectivity index (χ2v) is 4.30. The summed E-state index contributed by atoms with van der Waals surface area (Å²) >= 11 is 0. The first kappa shape index (κ1) is 12.5. The van der Waals surface area contributed by atoms with Crippen LogP contribution in [0, 0.1) is 5.82 Å². The molecule has 0 radical (unpaired) electrons. The topological polar surface area (TPSA) is 84.4 Å². The number of nitrogens with zero attached hydrogens (tertiary/aromatic N) is 1. The van der Waals surface area contributed by atoms with Gasteiger partial charge in [0.2, 0.25) is 0 Å². The van der Waals surface area contributed by atoms with Gasteiger partial charge in [-0.25, -0.2) is 9.18 Å². The van der Waals surface area contributed by atoms with Crippen molar-refractivity contribution in [3.8, 4) is 22.8 Å². The van der Waals surface area contributed by atoms with Crippen LogP contribution in [-0.4, -0.2) is 34.5 Å². The lowest BCUT2D eigenvalue weighted by Gasteiger charge is -2.09. The molecular formula is C13H11FN2O4. The van der Waals surface area contributed by atoms with E-state index in [0.717, 1.165) is 6.42 Å². The molecule has 0 fully saturated rings. The van der Waals surface area contributed by atoms with Crippen molar-refractivity contribution in [3.05, 3.63) is 29.7 Å². The second-order valence-electron chi connectivity index (χ2n) is 4.30. The molecule has 0 unspecified atom stereocenters. The number of hydrogen-bond donors (Lipinski definition) is 2. The highest BCUT2D eigenvalue weighted by Crippen LogP contribution is 2.36. The second kappa shape index (κ2) is 4.84. The summed E-state index contributed by atoms with van der Waals surface area (Å²) in [7, 11) is 0. The van der Waals surface area contributed by atoms with Crippen LogP contribution in [0.1, 0.15) is 16.9 Å². The Balaban J connectivity index is 2.04. The Kier molecular flexibility index (Phi) is 3.02. The van der Waals surface area contributed by atoms with Crippen molar-refractivity contribution in [2.45, 2.75) is 6.42 Å². The van der Waals surface area contributed by atoms with Gasteiger partial charge >= 0.3 is 5.97 Å². The standard InChI is InChI=1S/C13H11FN2O4/c14-8-5-12-11(19-2-1-3-20-12)4-7(8)9-6-10(13(17)18)16-15-9/h4-6H,1-3H2,(H,15,16)(H,17,18). The Hall–Kier alpha value is -2.57. The first-order chi connectivity index (χ1) is 9.65. The Morgan fingerprint density at radius 2 is 1.95 bits per heavy atom.